The minimum Gasteiger partial charge on any atom is -0.373 e. The minimum absolute atomic E-state index is 0.0216. The lowest BCUT2D eigenvalue weighted by Crippen LogP contribution is -2.48. The molecule has 5 heteroatoms. The predicted octanol–water partition coefficient (Wildman–Crippen LogP) is 0.316. The van der Waals surface area contributed by atoms with Crippen LogP contribution in [-0.4, -0.2) is 49.1 Å². The number of nitrogens with one attached hydrogen (secondary N) is 1. The average Bonchev–Trinajstić information content (AvgIpc) is 2.34. The van der Waals surface area contributed by atoms with Gasteiger partial charge in [-0.3, -0.25) is 9.59 Å². The molecule has 1 aliphatic rings. The van der Waals surface area contributed by atoms with E-state index in [1.807, 2.05) is 13.0 Å². The smallest absolute Gasteiger partial charge is 0.223 e. The second-order valence-corrected chi connectivity index (χ2v) is 4.04. The lowest BCUT2D eigenvalue weighted by molar-refractivity contribution is -0.136. The van der Waals surface area contributed by atoms with E-state index in [0.29, 0.717) is 32.7 Å². The summed E-state index contributed by atoms with van der Waals surface area (Å²) < 4.78 is 5.49. The zero-order valence-corrected chi connectivity index (χ0v) is 10.4. The zero-order valence-electron chi connectivity index (χ0n) is 10.4. The van der Waals surface area contributed by atoms with Gasteiger partial charge in [-0.15, -0.1) is 0 Å². The summed E-state index contributed by atoms with van der Waals surface area (Å²) in [7, 11) is 0. The van der Waals surface area contributed by atoms with Gasteiger partial charge in [0.1, 0.15) is 0 Å². The van der Waals surface area contributed by atoms with E-state index in [1.54, 1.807) is 17.9 Å². The molecule has 96 valence electrons. The Morgan fingerprint density at radius 3 is 2.94 bits per heavy atom. The first-order valence-corrected chi connectivity index (χ1v) is 5.88. The molecule has 1 atom stereocenters. The van der Waals surface area contributed by atoms with E-state index in [9.17, 15) is 9.59 Å². The van der Waals surface area contributed by atoms with Gasteiger partial charge in [0.2, 0.25) is 11.8 Å². The molecular weight excluding hydrogens is 220 g/mol. The van der Waals surface area contributed by atoms with E-state index in [4.69, 9.17) is 4.74 Å². The minimum atomic E-state index is -0.0952. The topological polar surface area (TPSA) is 58.6 Å². The van der Waals surface area contributed by atoms with Crippen LogP contribution in [0.15, 0.2) is 12.2 Å². The number of nitrogens with zero attached hydrogens (tertiary/aromatic N) is 1. The summed E-state index contributed by atoms with van der Waals surface area (Å²) in [5.41, 5.74) is 0. The van der Waals surface area contributed by atoms with Crippen molar-refractivity contribution in [2.75, 3.05) is 26.2 Å². The van der Waals surface area contributed by atoms with Crippen LogP contribution in [0.25, 0.3) is 0 Å². The molecule has 0 aliphatic carbocycles. The number of allylic oxidation sites excluding steroid dienone is 1. The van der Waals surface area contributed by atoms with Crippen LogP contribution in [0.2, 0.25) is 0 Å². The van der Waals surface area contributed by atoms with Gasteiger partial charge in [-0.2, -0.15) is 0 Å². The summed E-state index contributed by atoms with van der Waals surface area (Å²) in [6.45, 7) is 5.61. The maximum atomic E-state index is 11.4. The molecule has 17 heavy (non-hydrogen) atoms. The van der Waals surface area contributed by atoms with Crippen molar-refractivity contribution in [1.29, 1.82) is 0 Å². The van der Waals surface area contributed by atoms with Crippen LogP contribution in [0.3, 0.4) is 0 Å². The van der Waals surface area contributed by atoms with Gasteiger partial charge in [0.25, 0.3) is 0 Å². The van der Waals surface area contributed by atoms with Crippen molar-refractivity contribution in [3.05, 3.63) is 12.2 Å². The van der Waals surface area contributed by atoms with Gasteiger partial charge in [-0.25, -0.2) is 0 Å². The number of hydrogen-bond donors (Lipinski definition) is 1. The Morgan fingerprint density at radius 1 is 1.53 bits per heavy atom. The molecule has 1 fully saturated rings. The Hall–Kier alpha value is -1.36. The largest absolute Gasteiger partial charge is 0.373 e. The molecule has 0 radical (unpaired) electrons. The van der Waals surface area contributed by atoms with Crippen LogP contribution in [-0.2, 0) is 14.3 Å². The average molecular weight is 240 g/mol. The van der Waals surface area contributed by atoms with Gasteiger partial charge < -0.3 is 15.0 Å². The molecule has 0 aromatic carbocycles. The van der Waals surface area contributed by atoms with Gasteiger partial charge in [0.15, 0.2) is 0 Å². The summed E-state index contributed by atoms with van der Waals surface area (Å²) in [6, 6.07) is 0. The zero-order chi connectivity index (χ0) is 12.7. The Balaban J connectivity index is 2.27. The van der Waals surface area contributed by atoms with Gasteiger partial charge in [-0.05, 0) is 6.92 Å². The molecule has 0 aromatic heterocycles. The molecule has 1 aliphatic heterocycles. The monoisotopic (exact) mass is 240 g/mol. The van der Waals surface area contributed by atoms with E-state index < -0.39 is 0 Å². The summed E-state index contributed by atoms with van der Waals surface area (Å²) in [6.07, 6.45) is 3.94. The van der Waals surface area contributed by atoms with E-state index >= 15 is 0 Å². The molecule has 0 aromatic rings. The van der Waals surface area contributed by atoms with Crippen LogP contribution < -0.4 is 5.32 Å². The van der Waals surface area contributed by atoms with Crippen LogP contribution in [0, 0.1) is 0 Å². The number of hydrogen-bond acceptors (Lipinski definition) is 3. The van der Waals surface area contributed by atoms with Crippen molar-refractivity contribution >= 4 is 11.8 Å². The Bertz CT molecular complexity index is 302. The van der Waals surface area contributed by atoms with E-state index in [1.165, 1.54) is 0 Å². The molecule has 5 nitrogen and oxygen atoms in total. The molecule has 2 amide bonds. The first-order valence-electron chi connectivity index (χ1n) is 5.88. The highest BCUT2D eigenvalue weighted by atomic mass is 16.5. The highest BCUT2D eigenvalue weighted by molar-refractivity contribution is 5.77. The molecular formula is C12H20N2O3. The van der Waals surface area contributed by atoms with Gasteiger partial charge in [-0.1, -0.05) is 12.2 Å². The number of carbonyl (C=O) groups excluding carboxylic acids is 2. The summed E-state index contributed by atoms with van der Waals surface area (Å²) in [4.78, 5) is 24.3. The first kappa shape index (κ1) is 13.7. The molecule has 0 unspecified atom stereocenters. The van der Waals surface area contributed by atoms with Crippen LogP contribution in [0.5, 0.6) is 0 Å². The Labute approximate surface area is 102 Å². The van der Waals surface area contributed by atoms with E-state index in [0.717, 1.165) is 0 Å². The fraction of sp³-hybridized carbons (Fsp3) is 0.667. The lowest BCUT2D eigenvalue weighted by atomic mass is 10.2. The van der Waals surface area contributed by atoms with Crippen molar-refractivity contribution in [3.63, 3.8) is 0 Å². The third-order valence-electron chi connectivity index (χ3n) is 2.65. The number of carbonyl (C=O) groups is 2. The lowest BCUT2D eigenvalue weighted by Gasteiger charge is -2.32. The quantitative estimate of drug-likeness (QED) is 0.720. The van der Waals surface area contributed by atoms with Gasteiger partial charge in [0, 0.05) is 33.0 Å². The second kappa shape index (κ2) is 7.06. The van der Waals surface area contributed by atoms with Crippen molar-refractivity contribution < 1.29 is 14.3 Å². The number of amides is 2. The SMILES string of the molecule is C/C=C/CC(=O)NC[C@@H]1CN(C(C)=O)CCO1. The Kier molecular flexibility index (Phi) is 5.69. The third kappa shape index (κ3) is 4.99. The summed E-state index contributed by atoms with van der Waals surface area (Å²) >= 11 is 0. The molecule has 1 saturated heterocycles. The maximum Gasteiger partial charge on any atom is 0.223 e. The third-order valence-corrected chi connectivity index (χ3v) is 2.65. The summed E-state index contributed by atoms with van der Waals surface area (Å²) in [5.74, 6) is 0.0326. The number of morpholine rings is 1. The van der Waals surface area contributed by atoms with Crippen LogP contribution in [0.1, 0.15) is 20.3 Å². The van der Waals surface area contributed by atoms with E-state index in [2.05, 4.69) is 5.32 Å². The predicted molar refractivity (Wildman–Crippen MR) is 64.4 cm³/mol. The highest BCUT2D eigenvalue weighted by Crippen LogP contribution is 2.04. The second-order valence-electron chi connectivity index (χ2n) is 4.04. The standard InChI is InChI=1S/C12H20N2O3/c1-3-4-5-12(16)13-8-11-9-14(10(2)15)6-7-17-11/h3-4,11H,5-9H2,1-2H3,(H,13,16)/b4-3+/t11-/m1/s1. The van der Waals surface area contributed by atoms with Crippen LogP contribution >= 0.6 is 0 Å². The van der Waals surface area contributed by atoms with Gasteiger partial charge in [0.05, 0.1) is 12.7 Å². The molecule has 1 N–H and O–H groups in total. The fourth-order valence-corrected chi connectivity index (χ4v) is 1.65. The molecule has 0 saturated carbocycles. The van der Waals surface area contributed by atoms with Crippen molar-refractivity contribution in [2.24, 2.45) is 0 Å². The van der Waals surface area contributed by atoms with Crippen molar-refractivity contribution in [1.82, 2.24) is 10.2 Å². The summed E-state index contributed by atoms with van der Waals surface area (Å²) in [5, 5.41) is 2.79. The van der Waals surface area contributed by atoms with Crippen LogP contribution in [0.4, 0.5) is 0 Å². The molecule has 0 bridgehead atoms. The number of ether oxygens (including phenoxy) is 1. The fourth-order valence-electron chi connectivity index (χ4n) is 1.65. The van der Waals surface area contributed by atoms with E-state index in [-0.39, 0.29) is 17.9 Å². The maximum absolute atomic E-state index is 11.4. The first-order chi connectivity index (χ1) is 8.13. The normalized spacial score (nSPS) is 20.6. The molecule has 1 rings (SSSR count). The highest BCUT2D eigenvalue weighted by Gasteiger charge is 2.22. The van der Waals surface area contributed by atoms with Crippen molar-refractivity contribution in [3.8, 4) is 0 Å². The Morgan fingerprint density at radius 2 is 2.29 bits per heavy atom. The molecule has 0 spiro atoms. The van der Waals surface area contributed by atoms with Gasteiger partial charge >= 0.3 is 0 Å². The van der Waals surface area contributed by atoms with Crippen molar-refractivity contribution in [2.45, 2.75) is 26.4 Å². The molecule has 1 heterocycles. The number of rotatable bonds is 4.